The van der Waals surface area contributed by atoms with Crippen molar-refractivity contribution in [3.8, 4) is 0 Å². The number of carbonyl (C=O) groups is 1. The minimum atomic E-state index is 0. The van der Waals surface area contributed by atoms with Gasteiger partial charge in [0.05, 0.1) is 6.04 Å². The third kappa shape index (κ3) is 3.35. The summed E-state index contributed by atoms with van der Waals surface area (Å²) in [5.41, 5.74) is 2.63. The van der Waals surface area contributed by atoms with Crippen LogP contribution in [-0.4, -0.2) is 18.5 Å². The largest absolute Gasteiger partial charge is 0.349 e. The van der Waals surface area contributed by atoms with Crippen LogP contribution >= 0.6 is 28.3 Å². The molecule has 1 amide bonds. The van der Waals surface area contributed by atoms with Crippen molar-refractivity contribution in [2.45, 2.75) is 44.2 Å². The number of hydrogen-bond acceptors (Lipinski definition) is 2. The maximum atomic E-state index is 12.1. The molecule has 1 aromatic rings. The summed E-state index contributed by atoms with van der Waals surface area (Å²) in [7, 11) is 0. The van der Waals surface area contributed by atoms with Crippen molar-refractivity contribution in [1.29, 1.82) is 0 Å². The van der Waals surface area contributed by atoms with Crippen molar-refractivity contribution in [2.24, 2.45) is 0 Å². The van der Waals surface area contributed by atoms with Gasteiger partial charge in [0.15, 0.2) is 0 Å². The van der Waals surface area contributed by atoms with E-state index in [2.05, 4.69) is 38.7 Å². The van der Waals surface area contributed by atoms with Crippen molar-refractivity contribution >= 4 is 34.2 Å². The van der Waals surface area contributed by atoms with Crippen LogP contribution in [0, 0.1) is 0 Å². The second-order valence-electron chi connectivity index (χ2n) is 5.46. The molecule has 1 fully saturated rings. The van der Waals surface area contributed by atoms with Gasteiger partial charge < -0.3 is 10.6 Å². The number of fused-ring (bicyclic) bond motifs is 1. The molecule has 2 atom stereocenters. The monoisotopic (exact) mass is 358 g/mol. The van der Waals surface area contributed by atoms with Crippen LogP contribution in [0.3, 0.4) is 0 Å². The number of rotatable bonds is 3. The minimum absolute atomic E-state index is 0. The van der Waals surface area contributed by atoms with E-state index in [4.69, 9.17) is 0 Å². The Morgan fingerprint density at radius 1 is 1.40 bits per heavy atom. The molecule has 1 heterocycles. The maximum absolute atomic E-state index is 12.1. The van der Waals surface area contributed by atoms with Crippen LogP contribution in [0.15, 0.2) is 22.7 Å². The van der Waals surface area contributed by atoms with Crippen LogP contribution in [0.4, 0.5) is 0 Å². The Morgan fingerprint density at radius 3 is 3.00 bits per heavy atom. The third-order valence-corrected chi connectivity index (χ3v) is 4.89. The highest BCUT2D eigenvalue weighted by Gasteiger charge is 2.26. The van der Waals surface area contributed by atoms with Crippen LogP contribution in [0.2, 0.25) is 0 Å². The zero-order valence-corrected chi connectivity index (χ0v) is 13.7. The van der Waals surface area contributed by atoms with Gasteiger partial charge in [-0.15, -0.1) is 12.4 Å². The molecule has 110 valence electrons. The van der Waals surface area contributed by atoms with E-state index in [0.717, 1.165) is 25.8 Å². The van der Waals surface area contributed by atoms with Gasteiger partial charge in [0.2, 0.25) is 5.91 Å². The summed E-state index contributed by atoms with van der Waals surface area (Å²) in [5, 5.41) is 6.56. The molecular formula is C15H20BrClN2O. The molecule has 0 radical (unpaired) electrons. The fraction of sp³-hybridized carbons (Fsp3) is 0.533. The summed E-state index contributed by atoms with van der Waals surface area (Å²) < 4.78 is 1.17. The lowest BCUT2D eigenvalue weighted by Crippen LogP contribution is -2.33. The Morgan fingerprint density at radius 2 is 2.25 bits per heavy atom. The molecule has 2 unspecified atom stereocenters. The summed E-state index contributed by atoms with van der Waals surface area (Å²) in [6.07, 6.45) is 4.99. The summed E-state index contributed by atoms with van der Waals surface area (Å²) in [6, 6.07) is 6.83. The number of carbonyl (C=O) groups excluding carboxylic acids is 1. The zero-order valence-electron chi connectivity index (χ0n) is 11.3. The number of hydrogen-bond donors (Lipinski definition) is 2. The first kappa shape index (κ1) is 15.8. The van der Waals surface area contributed by atoms with Crippen LogP contribution in [0.25, 0.3) is 0 Å². The van der Waals surface area contributed by atoms with Gasteiger partial charge in [-0.25, -0.2) is 0 Å². The highest BCUT2D eigenvalue weighted by Crippen LogP contribution is 2.35. The van der Waals surface area contributed by atoms with Crippen LogP contribution in [0.1, 0.15) is 42.9 Å². The maximum Gasteiger partial charge on any atom is 0.222 e. The van der Waals surface area contributed by atoms with E-state index in [-0.39, 0.29) is 24.4 Å². The average Bonchev–Trinajstić information content (AvgIpc) is 3.01. The lowest BCUT2D eigenvalue weighted by Gasteiger charge is -2.16. The minimum Gasteiger partial charge on any atom is -0.349 e. The Hall–Kier alpha value is -0.580. The summed E-state index contributed by atoms with van der Waals surface area (Å²) >= 11 is 3.59. The van der Waals surface area contributed by atoms with E-state index in [9.17, 15) is 4.79 Å². The number of benzene rings is 1. The summed E-state index contributed by atoms with van der Waals surface area (Å²) in [5.74, 6) is 0.178. The Bertz CT molecular complexity index is 489. The second kappa shape index (κ2) is 6.92. The summed E-state index contributed by atoms with van der Waals surface area (Å²) in [4.78, 5) is 12.1. The smallest absolute Gasteiger partial charge is 0.222 e. The molecule has 5 heteroatoms. The third-order valence-electron chi connectivity index (χ3n) is 4.14. The van der Waals surface area contributed by atoms with Gasteiger partial charge in [-0.1, -0.05) is 28.1 Å². The van der Waals surface area contributed by atoms with Crippen molar-refractivity contribution in [3.05, 3.63) is 33.8 Å². The van der Waals surface area contributed by atoms with Gasteiger partial charge in [0.1, 0.15) is 0 Å². The number of amides is 1. The van der Waals surface area contributed by atoms with Gasteiger partial charge >= 0.3 is 0 Å². The van der Waals surface area contributed by atoms with E-state index in [0.29, 0.717) is 12.5 Å². The van der Waals surface area contributed by atoms with Crippen molar-refractivity contribution in [1.82, 2.24) is 10.6 Å². The van der Waals surface area contributed by atoms with Crippen molar-refractivity contribution in [2.75, 3.05) is 6.54 Å². The van der Waals surface area contributed by atoms with Crippen LogP contribution in [0.5, 0.6) is 0 Å². The first-order chi connectivity index (χ1) is 9.24. The van der Waals surface area contributed by atoms with E-state index < -0.39 is 0 Å². The van der Waals surface area contributed by atoms with Gasteiger partial charge in [-0.2, -0.15) is 0 Å². The molecule has 3 rings (SSSR count). The molecule has 1 aliphatic carbocycles. The quantitative estimate of drug-likeness (QED) is 0.870. The van der Waals surface area contributed by atoms with Gasteiger partial charge in [0.25, 0.3) is 0 Å². The Balaban J connectivity index is 0.00000147. The van der Waals surface area contributed by atoms with Crippen molar-refractivity contribution in [3.63, 3.8) is 0 Å². The molecule has 0 bridgehead atoms. The fourth-order valence-electron chi connectivity index (χ4n) is 3.17. The highest BCUT2D eigenvalue weighted by atomic mass is 79.9. The number of nitrogens with one attached hydrogen (secondary N) is 2. The SMILES string of the molecule is Cl.O=C(CC1CCCN1)NC1CCc2c(Br)cccc21. The van der Waals surface area contributed by atoms with Crippen LogP contribution < -0.4 is 10.6 Å². The molecule has 3 nitrogen and oxygen atoms in total. The van der Waals surface area contributed by atoms with Gasteiger partial charge in [0, 0.05) is 16.9 Å². The molecule has 1 aromatic carbocycles. The van der Waals surface area contributed by atoms with Crippen molar-refractivity contribution < 1.29 is 4.79 Å². The molecule has 1 aliphatic heterocycles. The fourth-order valence-corrected chi connectivity index (χ4v) is 3.75. The van der Waals surface area contributed by atoms with Crippen LogP contribution in [-0.2, 0) is 11.2 Å². The molecule has 2 N–H and O–H groups in total. The predicted octanol–water partition coefficient (Wildman–Crippen LogP) is 3.12. The normalized spacial score (nSPS) is 24.1. The van der Waals surface area contributed by atoms with E-state index in [1.54, 1.807) is 0 Å². The number of halogens is 2. The Kier molecular flexibility index (Phi) is 5.47. The molecule has 0 aromatic heterocycles. The lowest BCUT2D eigenvalue weighted by atomic mass is 10.1. The molecular weight excluding hydrogens is 340 g/mol. The molecule has 2 aliphatic rings. The lowest BCUT2D eigenvalue weighted by molar-refractivity contribution is -0.122. The van der Waals surface area contributed by atoms with Gasteiger partial charge in [-0.05, 0) is 49.4 Å². The van der Waals surface area contributed by atoms with E-state index in [1.165, 1.54) is 22.0 Å². The predicted molar refractivity (Wildman–Crippen MR) is 86.2 cm³/mol. The molecule has 20 heavy (non-hydrogen) atoms. The first-order valence-electron chi connectivity index (χ1n) is 7.04. The first-order valence-corrected chi connectivity index (χ1v) is 7.83. The molecule has 0 saturated carbocycles. The Labute approximate surface area is 134 Å². The highest BCUT2D eigenvalue weighted by molar-refractivity contribution is 9.10. The molecule has 1 saturated heterocycles. The molecule has 0 spiro atoms. The zero-order chi connectivity index (χ0) is 13.2. The topological polar surface area (TPSA) is 41.1 Å². The van der Waals surface area contributed by atoms with E-state index >= 15 is 0 Å². The summed E-state index contributed by atoms with van der Waals surface area (Å²) in [6.45, 7) is 1.05. The standard InChI is InChI=1S/C15H19BrN2O.ClH/c16-13-5-1-4-12-11(13)6-7-14(12)18-15(19)9-10-3-2-8-17-10;/h1,4-5,10,14,17H,2-3,6-9H2,(H,18,19);1H. The average molecular weight is 360 g/mol. The van der Waals surface area contributed by atoms with E-state index in [1.807, 2.05) is 6.07 Å². The van der Waals surface area contributed by atoms with Gasteiger partial charge in [-0.3, -0.25) is 4.79 Å². The second-order valence-corrected chi connectivity index (χ2v) is 6.32.